The summed E-state index contributed by atoms with van der Waals surface area (Å²) in [5.41, 5.74) is 0. The van der Waals surface area contributed by atoms with Crippen LogP contribution in [0.15, 0.2) is 4.42 Å². The second-order valence-electron chi connectivity index (χ2n) is 4.41. The van der Waals surface area contributed by atoms with E-state index < -0.39 is 5.97 Å². The Morgan fingerprint density at radius 3 is 2.71 bits per heavy atom. The van der Waals surface area contributed by atoms with E-state index in [9.17, 15) is 4.79 Å². The number of aliphatic carboxylic acids is 1. The Kier molecular flexibility index (Phi) is 5.66. The van der Waals surface area contributed by atoms with Gasteiger partial charge in [0, 0.05) is 19.3 Å². The average molecular weight is 240 g/mol. The highest BCUT2D eigenvalue weighted by molar-refractivity contribution is 5.66. The van der Waals surface area contributed by atoms with Crippen molar-refractivity contribution in [3.8, 4) is 0 Å². The molecule has 0 fully saturated rings. The molecule has 17 heavy (non-hydrogen) atoms. The van der Waals surface area contributed by atoms with Crippen molar-refractivity contribution in [2.24, 2.45) is 5.92 Å². The maximum absolute atomic E-state index is 10.3. The molecule has 0 aliphatic carbocycles. The molecule has 96 valence electrons. The van der Waals surface area contributed by atoms with Gasteiger partial charge in [0.05, 0.1) is 0 Å². The summed E-state index contributed by atoms with van der Waals surface area (Å²) in [6, 6.07) is 0. The molecule has 1 unspecified atom stereocenters. The third kappa shape index (κ3) is 5.47. The van der Waals surface area contributed by atoms with Crippen LogP contribution in [0.2, 0.25) is 0 Å². The van der Waals surface area contributed by atoms with E-state index in [0.29, 0.717) is 30.5 Å². The summed E-state index contributed by atoms with van der Waals surface area (Å²) in [6.07, 6.45) is 4.21. The molecule has 5 nitrogen and oxygen atoms in total. The molecule has 1 aromatic rings. The van der Waals surface area contributed by atoms with Crippen molar-refractivity contribution in [3.05, 3.63) is 11.8 Å². The van der Waals surface area contributed by atoms with Gasteiger partial charge in [0.25, 0.3) is 0 Å². The Bertz CT molecular complexity index is 349. The van der Waals surface area contributed by atoms with Gasteiger partial charge in [-0.15, -0.1) is 10.2 Å². The SMILES string of the molecule is CCC(C)Cc1nnc(CCCCC(=O)O)o1. The van der Waals surface area contributed by atoms with Gasteiger partial charge < -0.3 is 9.52 Å². The van der Waals surface area contributed by atoms with Crippen LogP contribution in [-0.2, 0) is 17.6 Å². The summed E-state index contributed by atoms with van der Waals surface area (Å²) in [5.74, 6) is 1.10. The Labute approximate surface area is 101 Å². The minimum absolute atomic E-state index is 0.202. The largest absolute Gasteiger partial charge is 0.481 e. The van der Waals surface area contributed by atoms with Crippen LogP contribution in [0.3, 0.4) is 0 Å². The van der Waals surface area contributed by atoms with Gasteiger partial charge in [0.15, 0.2) is 0 Å². The lowest BCUT2D eigenvalue weighted by molar-refractivity contribution is -0.137. The average Bonchev–Trinajstić information content (AvgIpc) is 2.72. The van der Waals surface area contributed by atoms with Gasteiger partial charge in [-0.1, -0.05) is 20.3 Å². The maximum Gasteiger partial charge on any atom is 0.303 e. The second-order valence-corrected chi connectivity index (χ2v) is 4.41. The predicted molar refractivity (Wildman–Crippen MR) is 62.6 cm³/mol. The van der Waals surface area contributed by atoms with Gasteiger partial charge in [-0.3, -0.25) is 4.79 Å². The lowest BCUT2D eigenvalue weighted by Crippen LogP contribution is -1.97. The van der Waals surface area contributed by atoms with Gasteiger partial charge >= 0.3 is 5.97 Å². The number of hydrogen-bond acceptors (Lipinski definition) is 4. The topological polar surface area (TPSA) is 76.2 Å². The van der Waals surface area contributed by atoms with E-state index in [4.69, 9.17) is 9.52 Å². The number of carbonyl (C=O) groups is 1. The summed E-state index contributed by atoms with van der Waals surface area (Å²) in [7, 11) is 0. The van der Waals surface area contributed by atoms with Crippen LogP contribution in [0.5, 0.6) is 0 Å². The zero-order valence-electron chi connectivity index (χ0n) is 10.5. The van der Waals surface area contributed by atoms with Crippen molar-refractivity contribution in [2.75, 3.05) is 0 Å². The Morgan fingerprint density at radius 1 is 1.35 bits per heavy atom. The summed E-state index contributed by atoms with van der Waals surface area (Å²) in [6.45, 7) is 4.28. The zero-order chi connectivity index (χ0) is 12.7. The molecule has 1 aromatic heterocycles. The fourth-order valence-corrected chi connectivity index (χ4v) is 1.47. The molecule has 0 spiro atoms. The maximum atomic E-state index is 10.3. The lowest BCUT2D eigenvalue weighted by Gasteiger charge is -2.02. The highest BCUT2D eigenvalue weighted by Crippen LogP contribution is 2.11. The Hall–Kier alpha value is -1.39. The molecule has 0 aliphatic heterocycles. The normalized spacial score (nSPS) is 12.6. The molecule has 5 heteroatoms. The number of nitrogens with zero attached hydrogens (tertiary/aromatic N) is 2. The lowest BCUT2D eigenvalue weighted by atomic mass is 10.1. The molecule has 0 aliphatic rings. The summed E-state index contributed by atoms with van der Waals surface area (Å²) < 4.78 is 5.49. The quantitative estimate of drug-likeness (QED) is 0.706. The molecule has 1 rings (SSSR count). The molecule has 0 amide bonds. The molecular weight excluding hydrogens is 220 g/mol. The van der Waals surface area contributed by atoms with Crippen LogP contribution >= 0.6 is 0 Å². The third-order valence-corrected chi connectivity index (χ3v) is 2.76. The number of carboxylic acids is 1. The van der Waals surface area contributed by atoms with Gasteiger partial charge in [-0.25, -0.2) is 0 Å². The summed E-state index contributed by atoms with van der Waals surface area (Å²) >= 11 is 0. The van der Waals surface area contributed by atoms with Crippen LogP contribution in [0.25, 0.3) is 0 Å². The summed E-state index contributed by atoms with van der Waals surface area (Å²) in [5, 5.41) is 16.4. The number of rotatable bonds is 8. The number of carboxylic acid groups (broad SMARTS) is 1. The van der Waals surface area contributed by atoms with Gasteiger partial charge in [-0.2, -0.15) is 0 Å². The van der Waals surface area contributed by atoms with E-state index in [1.54, 1.807) is 0 Å². The molecule has 0 aromatic carbocycles. The Balaban J connectivity index is 2.28. The highest BCUT2D eigenvalue weighted by atomic mass is 16.4. The second kappa shape index (κ2) is 7.04. The van der Waals surface area contributed by atoms with Crippen LogP contribution in [-0.4, -0.2) is 21.3 Å². The van der Waals surface area contributed by atoms with Crippen LogP contribution in [0.4, 0.5) is 0 Å². The van der Waals surface area contributed by atoms with Crippen LogP contribution < -0.4 is 0 Å². The first-order chi connectivity index (χ1) is 8.11. The van der Waals surface area contributed by atoms with Gasteiger partial charge in [-0.05, 0) is 18.8 Å². The van der Waals surface area contributed by atoms with E-state index in [-0.39, 0.29) is 6.42 Å². The highest BCUT2D eigenvalue weighted by Gasteiger charge is 2.09. The standard InChI is InChI=1S/C12H20N2O3/c1-3-9(2)8-11-14-13-10(17-11)6-4-5-7-12(15)16/h9H,3-8H2,1-2H3,(H,15,16). The fourth-order valence-electron chi connectivity index (χ4n) is 1.47. The van der Waals surface area contributed by atoms with Crippen molar-refractivity contribution in [1.29, 1.82) is 0 Å². The van der Waals surface area contributed by atoms with E-state index >= 15 is 0 Å². The monoisotopic (exact) mass is 240 g/mol. The van der Waals surface area contributed by atoms with E-state index in [0.717, 1.165) is 19.3 Å². The summed E-state index contributed by atoms with van der Waals surface area (Å²) in [4.78, 5) is 10.3. The Morgan fingerprint density at radius 2 is 2.06 bits per heavy atom. The number of unbranched alkanes of at least 4 members (excludes halogenated alkanes) is 1. The van der Waals surface area contributed by atoms with E-state index in [2.05, 4.69) is 24.0 Å². The number of aromatic nitrogens is 2. The van der Waals surface area contributed by atoms with Crippen molar-refractivity contribution in [3.63, 3.8) is 0 Å². The van der Waals surface area contributed by atoms with Crippen molar-refractivity contribution in [2.45, 2.75) is 52.4 Å². The molecule has 1 heterocycles. The van der Waals surface area contributed by atoms with Crippen molar-refractivity contribution >= 4 is 5.97 Å². The first kappa shape index (κ1) is 13.7. The number of aryl methyl sites for hydroxylation is 1. The van der Waals surface area contributed by atoms with E-state index in [1.165, 1.54) is 0 Å². The third-order valence-electron chi connectivity index (χ3n) is 2.76. The molecule has 1 atom stereocenters. The molecular formula is C12H20N2O3. The predicted octanol–water partition coefficient (Wildman–Crippen LogP) is 2.46. The first-order valence-corrected chi connectivity index (χ1v) is 6.14. The number of hydrogen-bond donors (Lipinski definition) is 1. The molecule has 0 saturated carbocycles. The first-order valence-electron chi connectivity index (χ1n) is 6.14. The smallest absolute Gasteiger partial charge is 0.303 e. The molecule has 1 N–H and O–H groups in total. The van der Waals surface area contributed by atoms with Crippen molar-refractivity contribution in [1.82, 2.24) is 10.2 Å². The zero-order valence-corrected chi connectivity index (χ0v) is 10.5. The molecule has 0 bridgehead atoms. The fraction of sp³-hybridized carbons (Fsp3) is 0.750. The molecule has 0 saturated heterocycles. The minimum atomic E-state index is -0.756. The van der Waals surface area contributed by atoms with Gasteiger partial charge in [0.1, 0.15) is 0 Å². The van der Waals surface area contributed by atoms with E-state index in [1.807, 2.05) is 0 Å². The van der Waals surface area contributed by atoms with Crippen LogP contribution in [0.1, 0.15) is 51.3 Å². The van der Waals surface area contributed by atoms with Crippen molar-refractivity contribution < 1.29 is 14.3 Å². The van der Waals surface area contributed by atoms with Crippen LogP contribution in [0, 0.1) is 5.92 Å². The van der Waals surface area contributed by atoms with Gasteiger partial charge in [0.2, 0.25) is 11.8 Å². The minimum Gasteiger partial charge on any atom is -0.481 e. The molecule has 0 radical (unpaired) electrons.